The van der Waals surface area contributed by atoms with Crippen molar-refractivity contribution in [3.63, 3.8) is 0 Å². The number of anilines is 1. The minimum absolute atomic E-state index is 0.0590. The summed E-state index contributed by atoms with van der Waals surface area (Å²) in [5, 5.41) is 8.62. The van der Waals surface area contributed by atoms with Gasteiger partial charge >= 0.3 is 0 Å². The minimum atomic E-state index is -0.313. The number of rotatable bonds is 3. The monoisotopic (exact) mass is 335 g/mol. The quantitative estimate of drug-likeness (QED) is 0.600. The normalized spacial score (nSPS) is 12.6. The second kappa shape index (κ2) is 5.62. The Morgan fingerprint density at radius 1 is 1.16 bits per heavy atom. The summed E-state index contributed by atoms with van der Waals surface area (Å²) in [4.78, 5) is 26.4. The van der Waals surface area contributed by atoms with Crippen LogP contribution in [0.5, 0.6) is 0 Å². The number of aromatic amines is 1. The molecular formula is C18H17N5O2. The molecule has 0 fully saturated rings. The van der Waals surface area contributed by atoms with Crippen molar-refractivity contribution in [3.8, 4) is 0 Å². The lowest BCUT2D eigenvalue weighted by Crippen LogP contribution is -2.24. The van der Waals surface area contributed by atoms with Crippen LogP contribution in [0, 0.1) is 0 Å². The lowest BCUT2D eigenvalue weighted by atomic mass is 10.2. The Bertz CT molecular complexity index is 1200. The summed E-state index contributed by atoms with van der Waals surface area (Å²) in [6.07, 6.45) is 3.53. The second-order valence-electron chi connectivity index (χ2n) is 6.02. The standard InChI is InChI=1S/C18H17N5O2/c1-11(15-7-3-5-12-6-4-8-23(12)15)20-17-14-10-19-16(24)9-13(14)18(25)22(2)21-17/h3-11H,1-2H3,(H,19,24)(H,20,21). The minimum Gasteiger partial charge on any atom is -0.360 e. The van der Waals surface area contributed by atoms with Crippen molar-refractivity contribution in [1.82, 2.24) is 19.2 Å². The molecule has 0 aliphatic heterocycles. The van der Waals surface area contributed by atoms with E-state index in [2.05, 4.69) is 19.8 Å². The van der Waals surface area contributed by atoms with Crippen LogP contribution >= 0.6 is 0 Å². The SMILES string of the molecule is CC(Nc1nn(C)c(=O)c2cc(=O)[nH]cc12)c1cccc2cccn12. The zero-order chi connectivity index (χ0) is 17.6. The molecule has 7 nitrogen and oxygen atoms in total. The molecule has 0 spiro atoms. The van der Waals surface area contributed by atoms with E-state index in [4.69, 9.17) is 0 Å². The molecule has 0 amide bonds. The smallest absolute Gasteiger partial charge is 0.274 e. The molecule has 0 radical (unpaired) electrons. The highest BCUT2D eigenvalue weighted by Crippen LogP contribution is 2.23. The molecule has 4 aromatic rings. The number of nitrogens with zero attached hydrogens (tertiary/aromatic N) is 3. The number of fused-ring (bicyclic) bond motifs is 2. The summed E-state index contributed by atoms with van der Waals surface area (Å²) < 4.78 is 3.34. The van der Waals surface area contributed by atoms with Gasteiger partial charge in [0.05, 0.1) is 11.4 Å². The zero-order valence-corrected chi connectivity index (χ0v) is 13.9. The van der Waals surface area contributed by atoms with Gasteiger partial charge in [0.25, 0.3) is 5.56 Å². The molecule has 2 N–H and O–H groups in total. The third-order valence-corrected chi connectivity index (χ3v) is 4.34. The summed E-state index contributed by atoms with van der Waals surface area (Å²) in [5.74, 6) is 0.546. The van der Waals surface area contributed by atoms with E-state index in [1.54, 1.807) is 7.05 Å². The van der Waals surface area contributed by atoms with E-state index in [1.807, 2.05) is 43.5 Å². The Balaban J connectivity index is 1.83. The van der Waals surface area contributed by atoms with Crippen LogP contribution in [0.25, 0.3) is 16.3 Å². The number of pyridine rings is 2. The number of hydrogen-bond donors (Lipinski definition) is 2. The van der Waals surface area contributed by atoms with Gasteiger partial charge in [-0.3, -0.25) is 9.59 Å². The summed E-state index contributed by atoms with van der Waals surface area (Å²) >= 11 is 0. The summed E-state index contributed by atoms with van der Waals surface area (Å²) in [6, 6.07) is 11.4. The predicted molar refractivity (Wildman–Crippen MR) is 97.0 cm³/mol. The van der Waals surface area contributed by atoms with Gasteiger partial charge in [-0.2, -0.15) is 5.10 Å². The fraction of sp³-hybridized carbons (Fsp3) is 0.167. The van der Waals surface area contributed by atoms with E-state index in [0.717, 1.165) is 11.2 Å². The maximum Gasteiger partial charge on any atom is 0.274 e. The second-order valence-corrected chi connectivity index (χ2v) is 6.02. The third-order valence-electron chi connectivity index (χ3n) is 4.34. The Hall–Kier alpha value is -3.35. The number of aromatic nitrogens is 4. The fourth-order valence-corrected chi connectivity index (χ4v) is 3.10. The molecule has 4 rings (SSSR count). The fourth-order valence-electron chi connectivity index (χ4n) is 3.10. The average Bonchev–Trinajstić information content (AvgIpc) is 3.08. The first-order valence-corrected chi connectivity index (χ1v) is 7.97. The van der Waals surface area contributed by atoms with Gasteiger partial charge in [-0.15, -0.1) is 0 Å². The molecular weight excluding hydrogens is 318 g/mol. The van der Waals surface area contributed by atoms with Crippen molar-refractivity contribution < 1.29 is 0 Å². The lowest BCUT2D eigenvalue weighted by Gasteiger charge is -2.18. The van der Waals surface area contributed by atoms with Crippen molar-refractivity contribution in [3.05, 3.63) is 75.2 Å². The van der Waals surface area contributed by atoms with E-state index in [0.29, 0.717) is 16.6 Å². The first-order chi connectivity index (χ1) is 12.0. The first kappa shape index (κ1) is 15.2. The van der Waals surface area contributed by atoms with Crippen molar-refractivity contribution in [1.29, 1.82) is 0 Å². The van der Waals surface area contributed by atoms with Crippen LogP contribution in [0.15, 0.2) is 58.4 Å². The summed E-state index contributed by atoms with van der Waals surface area (Å²) in [6.45, 7) is 2.03. The highest BCUT2D eigenvalue weighted by atomic mass is 16.1. The zero-order valence-electron chi connectivity index (χ0n) is 13.9. The third kappa shape index (κ3) is 2.50. The molecule has 0 aromatic carbocycles. The van der Waals surface area contributed by atoms with Gasteiger partial charge in [0, 0.05) is 42.1 Å². The molecule has 4 heterocycles. The topological polar surface area (TPSA) is 84.2 Å². The van der Waals surface area contributed by atoms with Crippen LogP contribution in [0.4, 0.5) is 5.82 Å². The lowest BCUT2D eigenvalue weighted by molar-refractivity contribution is 0.709. The predicted octanol–water partition coefficient (Wildman–Crippen LogP) is 2.05. The molecule has 1 unspecified atom stereocenters. The molecule has 1 atom stereocenters. The van der Waals surface area contributed by atoms with Gasteiger partial charge in [0.1, 0.15) is 0 Å². The Kier molecular flexibility index (Phi) is 3.42. The Morgan fingerprint density at radius 2 is 1.96 bits per heavy atom. The van der Waals surface area contributed by atoms with Crippen molar-refractivity contribution in [2.75, 3.05) is 5.32 Å². The van der Waals surface area contributed by atoms with Crippen LogP contribution in [-0.2, 0) is 7.05 Å². The summed E-state index contributed by atoms with van der Waals surface area (Å²) in [5.41, 5.74) is 1.56. The van der Waals surface area contributed by atoms with Gasteiger partial charge in [0.15, 0.2) is 5.82 Å². The van der Waals surface area contributed by atoms with E-state index in [-0.39, 0.29) is 17.2 Å². The van der Waals surface area contributed by atoms with Gasteiger partial charge in [0.2, 0.25) is 5.56 Å². The largest absolute Gasteiger partial charge is 0.360 e. The molecule has 0 aliphatic rings. The summed E-state index contributed by atoms with van der Waals surface area (Å²) in [7, 11) is 1.57. The highest BCUT2D eigenvalue weighted by molar-refractivity contribution is 5.90. The molecule has 0 aliphatic carbocycles. The first-order valence-electron chi connectivity index (χ1n) is 7.97. The van der Waals surface area contributed by atoms with Gasteiger partial charge in [-0.25, -0.2) is 4.68 Å². The maximum atomic E-state index is 12.2. The molecule has 4 aromatic heterocycles. The molecule has 126 valence electrons. The molecule has 25 heavy (non-hydrogen) atoms. The van der Waals surface area contributed by atoms with Gasteiger partial charge in [-0.1, -0.05) is 6.07 Å². The molecule has 0 bridgehead atoms. The number of nitrogens with one attached hydrogen (secondary N) is 2. The van der Waals surface area contributed by atoms with Crippen molar-refractivity contribution in [2.24, 2.45) is 7.05 Å². The Morgan fingerprint density at radius 3 is 2.80 bits per heavy atom. The average molecular weight is 335 g/mol. The van der Waals surface area contributed by atoms with Crippen LogP contribution in [-0.4, -0.2) is 19.2 Å². The van der Waals surface area contributed by atoms with Crippen molar-refractivity contribution in [2.45, 2.75) is 13.0 Å². The van der Waals surface area contributed by atoms with E-state index in [1.165, 1.54) is 16.9 Å². The van der Waals surface area contributed by atoms with Crippen LogP contribution < -0.4 is 16.4 Å². The number of aryl methyl sites for hydroxylation is 1. The molecule has 7 heteroatoms. The molecule has 0 saturated carbocycles. The van der Waals surface area contributed by atoms with Crippen LogP contribution in [0.1, 0.15) is 18.7 Å². The molecule has 0 saturated heterocycles. The van der Waals surface area contributed by atoms with Crippen LogP contribution in [0.3, 0.4) is 0 Å². The number of H-pyrrole nitrogens is 1. The highest BCUT2D eigenvalue weighted by Gasteiger charge is 2.14. The van der Waals surface area contributed by atoms with Crippen LogP contribution in [0.2, 0.25) is 0 Å². The number of hydrogen-bond acceptors (Lipinski definition) is 4. The van der Waals surface area contributed by atoms with E-state index < -0.39 is 0 Å². The Labute approximate surface area is 142 Å². The van der Waals surface area contributed by atoms with E-state index in [9.17, 15) is 9.59 Å². The van der Waals surface area contributed by atoms with Crippen molar-refractivity contribution >= 4 is 22.1 Å². The van der Waals surface area contributed by atoms with E-state index >= 15 is 0 Å². The maximum absolute atomic E-state index is 12.2. The van der Waals surface area contributed by atoms with Gasteiger partial charge in [-0.05, 0) is 31.2 Å². The van der Waals surface area contributed by atoms with Gasteiger partial charge < -0.3 is 14.7 Å².